The Morgan fingerprint density at radius 2 is 1.37 bits per heavy atom. The fraction of sp³-hybridized carbons (Fsp3) is 0.455. The number of hydrogen-bond donors (Lipinski definition) is 2. The smallest absolute Gasteiger partial charge is 0.223 e. The van der Waals surface area contributed by atoms with E-state index in [-0.39, 0.29) is 23.7 Å². The van der Waals surface area contributed by atoms with Crippen molar-refractivity contribution in [2.24, 2.45) is 11.8 Å². The van der Waals surface area contributed by atoms with Gasteiger partial charge in [0.15, 0.2) is 0 Å². The van der Waals surface area contributed by atoms with Crippen LogP contribution in [-0.2, 0) is 22.7 Å². The van der Waals surface area contributed by atoms with Gasteiger partial charge in [0.25, 0.3) is 0 Å². The van der Waals surface area contributed by atoms with Crippen molar-refractivity contribution in [3.63, 3.8) is 0 Å². The van der Waals surface area contributed by atoms with Crippen molar-refractivity contribution < 1.29 is 19.1 Å². The summed E-state index contributed by atoms with van der Waals surface area (Å²) in [6.45, 7) is 0.702. The van der Waals surface area contributed by atoms with Crippen LogP contribution in [0, 0.1) is 11.8 Å². The summed E-state index contributed by atoms with van der Waals surface area (Å²) in [5.41, 5.74) is 1.65. The standard InChI is InChI=1S/C22H28N4O4/c1-29-21-17(8-4-10-23-21)13-25-19(27)15-6-3-7-16(12-15)20(28)26-14-18-9-5-11-24-22(18)30-2/h4-5,8-11,15-16H,3,6-7,12-14H2,1-2H3,(H,25,27)(H,26,28). The van der Waals surface area contributed by atoms with Crippen molar-refractivity contribution in [3.8, 4) is 11.8 Å². The lowest BCUT2D eigenvalue weighted by atomic mass is 9.80. The van der Waals surface area contributed by atoms with E-state index in [4.69, 9.17) is 9.47 Å². The van der Waals surface area contributed by atoms with E-state index in [9.17, 15) is 9.59 Å². The van der Waals surface area contributed by atoms with Crippen LogP contribution in [0.15, 0.2) is 36.7 Å². The van der Waals surface area contributed by atoms with Crippen LogP contribution in [0.2, 0.25) is 0 Å². The van der Waals surface area contributed by atoms with Gasteiger partial charge in [-0.2, -0.15) is 0 Å². The van der Waals surface area contributed by atoms with Gasteiger partial charge in [0, 0.05) is 48.4 Å². The molecule has 0 radical (unpaired) electrons. The van der Waals surface area contributed by atoms with Gasteiger partial charge in [0.2, 0.25) is 23.6 Å². The summed E-state index contributed by atoms with van der Waals surface area (Å²) in [6, 6.07) is 7.36. The summed E-state index contributed by atoms with van der Waals surface area (Å²) < 4.78 is 10.4. The highest BCUT2D eigenvalue weighted by Crippen LogP contribution is 2.30. The number of aromatic nitrogens is 2. The number of carbonyl (C=O) groups is 2. The lowest BCUT2D eigenvalue weighted by Crippen LogP contribution is -2.38. The molecule has 30 heavy (non-hydrogen) atoms. The first-order valence-electron chi connectivity index (χ1n) is 10.1. The third kappa shape index (κ3) is 5.46. The number of methoxy groups -OCH3 is 2. The Bertz CT molecular complexity index is 804. The van der Waals surface area contributed by atoms with E-state index in [1.165, 1.54) is 0 Å². The molecule has 2 aromatic rings. The molecule has 2 N–H and O–H groups in total. The van der Waals surface area contributed by atoms with Crippen molar-refractivity contribution in [2.75, 3.05) is 14.2 Å². The Hall–Kier alpha value is -3.16. The van der Waals surface area contributed by atoms with E-state index in [1.807, 2.05) is 24.3 Å². The van der Waals surface area contributed by atoms with Crippen LogP contribution >= 0.6 is 0 Å². The molecule has 2 amide bonds. The lowest BCUT2D eigenvalue weighted by Gasteiger charge is -2.27. The monoisotopic (exact) mass is 412 g/mol. The summed E-state index contributed by atoms with van der Waals surface area (Å²) in [6.07, 6.45) is 6.27. The zero-order valence-electron chi connectivity index (χ0n) is 17.4. The third-order valence-electron chi connectivity index (χ3n) is 5.41. The normalized spacial score (nSPS) is 18.3. The molecule has 1 aliphatic carbocycles. The number of carbonyl (C=O) groups excluding carboxylic acids is 2. The number of pyridine rings is 2. The van der Waals surface area contributed by atoms with Crippen molar-refractivity contribution in [1.82, 2.24) is 20.6 Å². The van der Waals surface area contributed by atoms with Crippen molar-refractivity contribution in [1.29, 1.82) is 0 Å². The maximum absolute atomic E-state index is 12.7. The van der Waals surface area contributed by atoms with Gasteiger partial charge in [-0.15, -0.1) is 0 Å². The van der Waals surface area contributed by atoms with Crippen LogP contribution in [-0.4, -0.2) is 36.0 Å². The second-order valence-corrected chi connectivity index (χ2v) is 7.34. The van der Waals surface area contributed by atoms with Gasteiger partial charge < -0.3 is 20.1 Å². The average Bonchev–Trinajstić information content (AvgIpc) is 2.81. The summed E-state index contributed by atoms with van der Waals surface area (Å²) in [5.74, 6) is 0.587. The first-order valence-corrected chi connectivity index (χ1v) is 10.1. The van der Waals surface area contributed by atoms with E-state index >= 15 is 0 Å². The molecule has 0 aliphatic heterocycles. The summed E-state index contributed by atoms with van der Waals surface area (Å²) in [4.78, 5) is 33.6. The van der Waals surface area contributed by atoms with Gasteiger partial charge in [-0.3, -0.25) is 9.59 Å². The van der Waals surface area contributed by atoms with E-state index in [2.05, 4.69) is 20.6 Å². The lowest BCUT2D eigenvalue weighted by molar-refractivity contribution is -0.130. The van der Waals surface area contributed by atoms with Crippen LogP contribution in [0.25, 0.3) is 0 Å². The molecular formula is C22H28N4O4. The number of hydrogen-bond acceptors (Lipinski definition) is 6. The number of nitrogens with zero attached hydrogens (tertiary/aromatic N) is 2. The molecule has 2 unspecified atom stereocenters. The highest BCUT2D eigenvalue weighted by Gasteiger charge is 2.31. The molecule has 0 spiro atoms. The molecule has 0 bridgehead atoms. The topological polar surface area (TPSA) is 102 Å². The van der Waals surface area contributed by atoms with Gasteiger partial charge in [0.1, 0.15) is 0 Å². The van der Waals surface area contributed by atoms with Crippen LogP contribution in [0.3, 0.4) is 0 Å². The molecule has 1 aliphatic rings. The molecule has 2 atom stereocenters. The number of rotatable bonds is 8. The molecular weight excluding hydrogens is 384 g/mol. The van der Waals surface area contributed by atoms with E-state index in [0.29, 0.717) is 31.3 Å². The fourth-order valence-electron chi connectivity index (χ4n) is 3.80. The van der Waals surface area contributed by atoms with Crippen molar-refractivity contribution >= 4 is 11.8 Å². The summed E-state index contributed by atoms with van der Waals surface area (Å²) in [7, 11) is 3.11. The molecule has 3 rings (SSSR count). The third-order valence-corrected chi connectivity index (χ3v) is 5.41. The number of ether oxygens (including phenoxy) is 2. The van der Waals surface area contributed by atoms with Crippen LogP contribution in [0.4, 0.5) is 0 Å². The Kier molecular flexibility index (Phi) is 7.59. The molecule has 0 saturated heterocycles. The largest absolute Gasteiger partial charge is 0.481 e. The highest BCUT2D eigenvalue weighted by atomic mass is 16.5. The minimum absolute atomic E-state index is 0.0349. The molecule has 8 nitrogen and oxygen atoms in total. The molecule has 0 aromatic carbocycles. The Labute approximate surface area is 176 Å². The minimum atomic E-state index is -0.176. The van der Waals surface area contributed by atoms with Gasteiger partial charge >= 0.3 is 0 Å². The van der Waals surface area contributed by atoms with Gasteiger partial charge in [-0.1, -0.05) is 18.6 Å². The Balaban J connectivity index is 1.51. The first-order chi connectivity index (χ1) is 14.6. The molecule has 1 saturated carbocycles. The quantitative estimate of drug-likeness (QED) is 0.689. The van der Waals surface area contributed by atoms with Crippen LogP contribution < -0.4 is 20.1 Å². The Morgan fingerprint density at radius 3 is 1.80 bits per heavy atom. The van der Waals surface area contributed by atoms with E-state index < -0.39 is 0 Å². The average molecular weight is 412 g/mol. The van der Waals surface area contributed by atoms with E-state index in [0.717, 1.165) is 30.4 Å². The second kappa shape index (κ2) is 10.6. The van der Waals surface area contributed by atoms with Crippen molar-refractivity contribution in [2.45, 2.75) is 38.8 Å². The molecule has 2 aromatic heterocycles. The highest BCUT2D eigenvalue weighted by molar-refractivity contribution is 5.82. The van der Waals surface area contributed by atoms with E-state index in [1.54, 1.807) is 26.6 Å². The molecule has 2 heterocycles. The van der Waals surface area contributed by atoms with Gasteiger partial charge in [-0.05, 0) is 31.4 Å². The summed E-state index contributed by atoms with van der Waals surface area (Å²) in [5, 5.41) is 5.92. The number of nitrogens with one attached hydrogen (secondary N) is 2. The Morgan fingerprint density at radius 1 is 0.900 bits per heavy atom. The van der Waals surface area contributed by atoms with Crippen LogP contribution in [0.5, 0.6) is 11.8 Å². The SMILES string of the molecule is COc1ncccc1CNC(=O)C1CCCC(C(=O)NCc2cccnc2OC)C1. The second-order valence-electron chi connectivity index (χ2n) is 7.34. The zero-order chi connectivity index (χ0) is 21.3. The van der Waals surface area contributed by atoms with Gasteiger partial charge in [0.05, 0.1) is 14.2 Å². The minimum Gasteiger partial charge on any atom is -0.481 e. The fourth-order valence-corrected chi connectivity index (χ4v) is 3.80. The number of amides is 2. The predicted octanol–water partition coefficient (Wildman–Crippen LogP) is 2.23. The zero-order valence-corrected chi connectivity index (χ0v) is 17.4. The summed E-state index contributed by atoms with van der Waals surface area (Å²) >= 11 is 0. The molecule has 1 fully saturated rings. The maximum atomic E-state index is 12.7. The van der Waals surface area contributed by atoms with Gasteiger partial charge in [-0.25, -0.2) is 9.97 Å². The predicted molar refractivity (Wildman–Crippen MR) is 111 cm³/mol. The molecule has 8 heteroatoms. The molecule has 160 valence electrons. The van der Waals surface area contributed by atoms with Crippen molar-refractivity contribution in [3.05, 3.63) is 47.8 Å². The first kappa shape index (κ1) is 21.5. The van der Waals surface area contributed by atoms with Crippen LogP contribution in [0.1, 0.15) is 36.8 Å². The maximum Gasteiger partial charge on any atom is 0.223 e.